The molecule has 1 heterocycles. The number of benzene rings is 1. The van der Waals surface area contributed by atoms with Gasteiger partial charge in [-0.3, -0.25) is 4.99 Å². The summed E-state index contributed by atoms with van der Waals surface area (Å²) in [6.07, 6.45) is -4.94. The molecule has 1 atom stereocenters. The number of aliphatic imine (C=N–C) groups is 1. The Labute approximate surface area is 157 Å². The third-order valence-corrected chi connectivity index (χ3v) is 6.01. The normalized spacial score (nSPS) is 19.2. The first kappa shape index (κ1) is 21.5. The quantitative estimate of drug-likeness (QED) is 0.598. The molecule has 10 heteroatoms. The zero-order valence-corrected chi connectivity index (χ0v) is 16.1. The van der Waals surface area contributed by atoms with Crippen LogP contribution in [0.15, 0.2) is 29.3 Å². The van der Waals surface area contributed by atoms with Crippen LogP contribution in [0.1, 0.15) is 24.2 Å². The van der Waals surface area contributed by atoms with Crippen LogP contribution in [-0.2, 0) is 20.8 Å². The van der Waals surface area contributed by atoms with Crippen molar-refractivity contribution in [3.8, 4) is 0 Å². The molecular weight excluding hydrogens is 383 g/mol. The van der Waals surface area contributed by atoms with E-state index in [0.717, 1.165) is 12.1 Å². The molecule has 1 aromatic carbocycles. The smallest absolute Gasteiger partial charge is 0.370 e. The highest BCUT2D eigenvalue weighted by atomic mass is 32.2. The van der Waals surface area contributed by atoms with Crippen molar-refractivity contribution >= 4 is 15.8 Å². The number of nitrogens with zero attached hydrogens (tertiary/aromatic N) is 2. The molecule has 1 fully saturated rings. The van der Waals surface area contributed by atoms with E-state index in [-0.39, 0.29) is 18.1 Å². The summed E-state index contributed by atoms with van der Waals surface area (Å²) in [6, 6.07) is 5.09. The van der Waals surface area contributed by atoms with Crippen molar-refractivity contribution in [3.05, 3.63) is 35.4 Å². The first-order valence-corrected chi connectivity index (χ1v) is 10.4. The lowest BCUT2D eigenvalue weighted by Crippen LogP contribution is -2.49. The Balaban J connectivity index is 2.04. The second-order valence-electron chi connectivity index (χ2n) is 6.14. The minimum atomic E-state index is -4.41. The fraction of sp³-hybridized carbons (Fsp3) is 0.588. The van der Waals surface area contributed by atoms with Gasteiger partial charge in [0.15, 0.2) is 15.8 Å². The van der Waals surface area contributed by atoms with E-state index < -0.39 is 27.7 Å². The summed E-state index contributed by atoms with van der Waals surface area (Å²) in [5.41, 5.74) is -0.272. The van der Waals surface area contributed by atoms with E-state index in [4.69, 9.17) is 4.74 Å². The Morgan fingerprint density at radius 2 is 2.15 bits per heavy atom. The van der Waals surface area contributed by atoms with Crippen LogP contribution in [0.3, 0.4) is 0 Å². The molecule has 0 saturated carbocycles. The van der Waals surface area contributed by atoms with Crippen LogP contribution in [0.5, 0.6) is 0 Å². The molecule has 0 amide bonds. The maximum Gasteiger partial charge on any atom is 0.416 e. The van der Waals surface area contributed by atoms with E-state index in [2.05, 4.69) is 10.3 Å². The molecule has 1 N–H and O–H groups in total. The van der Waals surface area contributed by atoms with Crippen molar-refractivity contribution in [2.24, 2.45) is 4.99 Å². The van der Waals surface area contributed by atoms with Gasteiger partial charge >= 0.3 is 6.18 Å². The van der Waals surface area contributed by atoms with Crippen molar-refractivity contribution < 1.29 is 26.3 Å². The van der Waals surface area contributed by atoms with Crippen molar-refractivity contribution in [3.63, 3.8) is 0 Å². The maximum absolute atomic E-state index is 12.9. The lowest BCUT2D eigenvalue weighted by Gasteiger charge is -2.35. The summed E-state index contributed by atoms with van der Waals surface area (Å²) in [7, 11) is -1.52. The summed E-state index contributed by atoms with van der Waals surface area (Å²) in [4.78, 5) is 6.00. The molecule has 1 unspecified atom stereocenters. The number of sulfone groups is 1. The van der Waals surface area contributed by atoms with E-state index in [9.17, 15) is 21.6 Å². The number of hydrogen-bond acceptors (Lipinski definition) is 4. The molecule has 1 saturated heterocycles. The highest BCUT2D eigenvalue weighted by molar-refractivity contribution is 7.91. The highest BCUT2D eigenvalue weighted by Gasteiger charge is 2.32. The largest absolute Gasteiger partial charge is 0.416 e. The highest BCUT2D eigenvalue weighted by Crippen LogP contribution is 2.32. The fourth-order valence-electron chi connectivity index (χ4n) is 2.75. The number of alkyl halides is 3. The second kappa shape index (κ2) is 8.92. The fourth-order valence-corrected chi connectivity index (χ4v) is 3.46. The topological polar surface area (TPSA) is 71.0 Å². The van der Waals surface area contributed by atoms with E-state index in [1.807, 2.05) is 4.90 Å². The minimum absolute atomic E-state index is 0.0100. The van der Waals surface area contributed by atoms with E-state index in [0.29, 0.717) is 31.2 Å². The van der Waals surface area contributed by atoms with Gasteiger partial charge < -0.3 is 15.0 Å². The van der Waals surface area contributed by atoms with Crippen molar-refractivity contribution in [2.75, 3.05) is 44.8 Å². The van der Waals surface area contributed by atoms with E-state index in [1.54, 1.807) is 20.0 Å². The molecule has 0 spiro atoms. The number of guanidine groups is 1. The van der Waals surface area contributed by atoms with E-state index in [1.165, 1.54) is 6.07 Å². The van der Waals surface area contributed by atoms with Gasteiger partial charge in [0.1, 0.15) is 6.10 Å². The van der Waals surface area contributed by atoms with Crippen LogP contribution in [0.25, 0.3) is 0 Å². The maximum atomic E-state index is 12.9. The Morgan fingerprint density at radius 1 is 1.41 bits per heavy atom. The minimum Gasteiger partial charge on any atom is -0.370 e. The molecule has 6 nitrogen and oxygen atoms in total. The van der Waals surface area contributed by atoms with Crippen LogP contribution in [0, 0.1) is 0 Å². The summed E-state index contributed by atoms with van der Waals surface area (Å²) in [6.45, 7) is 2.96. The SMILES string of the molecule is CCS(=O)(=O)CCNC(=NC)N1CCOC(c2cccc(C(F)(F)F)c2)C1. The number of hydrogen-bond donors (Lipinski definition) is 1. The first-order valence-electron chi connectivity index (χ1n) is 8.61. The zero-order chi connectivity index (χ0) is 20.1. The predicted molar refractivity (Wildman–Crippen MR) is 97.4 cm³/mol. The van der Waals surface area contributed by atoms with Gasteiger partial charge in [-0.15, -0.1) is 0 Å². The first-order chi connectivity index (χ1) is 12.7. The zero-order valence-electron chi connectivity index (χ0n) is 15.3. The average molecular weight is 407 g/mol. The molecule has 2 rings (SSSR count). The van der Waals surface area contributed by atoms with Gasteiger partial charge in [0, 0.05) is 25.9 Å². The summed E-state index contributed by atoms with van der Waals surface area (Å²) >= 11 is 0. The van der Waals surface area contributed by atoms with Gasteiger partial charge in [-0.25, -0.2) is 8.42 Å². The third kappa shape index (κ3) is 6.10. The van der Waals surface area contributed by atoms with Gasteiger partial charge in [0.2, 0.25) is 0 Å². The summed E-state index contributed by atoms with van der Waals surface area (Å²) in [5, 5.41) is 3.00. The van der Waals surface area contributed by atoms with Crippen LogP contribution >= 0.6 is 0 Å². The third-order valence-electron chi connectivity index (χ3n) is 4.30. The van der Waals surface area contributed by atoms with Crippen LogP contribution in [0.2, 0.25) is 0 Å². The standard InChI is InChI=1S/C17H24F3N3O3S/c1-3-27(24,25)10-7-22-16(21-2)23-8-9-26-15(12-23)13-5-4-6-14(11-13)17(18,19)20/h4-6,11,15H,3,7-10,12H2,1-2H3,(H,21,22). The number of nitrogens with one attached hydrogen (secondary N) is 1. The van der Waals surface area contributed by atoms with Gasteiger partial charge in [-0.05, 0) is 17.7 Å². The van der Waals surface area contributed by atoms with Crippen LogP contribution in [0.4, 0.5) is 13.2 Å². The summed E-state index contributed by atoms with van der Waals surface area (Å²) < 4.78 is 67.6. The monoisotopic (exact) mass is 407 g/mol. The Kier molecular flexibility index (Phi) is 7.10. The molecule has 1 aromatic rings. The second-order valence-corrected chi connectivity index (χ2v) is 8.61. The molecule has 1 aliphatic rings. The molecule has 27 heavy (non-hydrogen) atoms. The number of rotatable bonds is 5. The average Bonchev–Trinajstić information content (AvgIpc) is 2.65. The van der Waals surface area contributed by atoms with Gasteiger partial charge in [0.25, 0.3) is 0 Å². The predicted octanol–water partition coefficient (Wildman–Crippen LogP) is 2.09. The molecule has 1 aliphatic heterocycles. The Hall–Kier alpha value is -1.81. The number of morpholine rings is 1. The molecule has 0 aromatic heterocycles. The summed E-state index contributed by atoms with van der Waals surface area (Å²) in [5.74, 6) is 0.563. The van der Waals surface area contributed by atoms with Crippen molar-refractivity contribution in [2.45, 2.75) is 19.2 Å². The van der Waals surface area contributed by atoms with E-state index >= 15 is 0 Å². The number of halogens is 3. The van der Waals surface area contributed by atoms with Crippen LogP contribution in [-0.4, -0.2) is 64.1 Å². The Bertz CT molecular complexity index is 766. The molecular formula is C17H24F3N3O3S. The van der Waals surface area contributed by atoms with Gasteiger partial charge in [-0.1, -0.05) is 19.1 Å². The van der Waals surface area contributed by atoms with Gasteiger partial charge in [-0.2, -0.15) is 13.2 Å². The number of ether oxygens (including phenoxy) is 1. The molecule has 0 radical (unpaired) electrons. The van der Waals surface area contributed by atoms with Crippen molar-refractivity contribution in [1.82, 2.24) is 10.2 Å². The van der Waals surface area contributed by atoms with Gasteiger partial charge in [0.05, 0.1) is 24.5 Å². The lowest BCUT2D eigenvalue weighted by molar-refractivity contribution is -0.137. The Morgan fingerprint density at radius 3 is 2.78 bits per heavy atom. The molecule has 152 valence electrons. The lowest BCUT2D eigenvalue weighted by atomic mass is 10.0. The van der Waals surface area contributed by atoms with Crippen molar-refractivity contribution in [1.29, 1.82) is 0 Å². The van der Waals surface area contributed by atoms with Crippen LogP contribution < -0.4 is 5.32 Å². The molecule has 0 aliphatic carbocycles. The molecule has 0 bridgehead atoms.